The second kappa shape index (κ2) is 11.8. The molecule has 0 aliphatic heterocycles. The summed E-state index contributed by atoms with van der Waals surface area (Å²) in [4.78, 5) is 18.4. The van der Waals surface area contributed by atoms with Crippen molar-refractivity contribution in [3.05, 3.63) is 102 Å². The minimum absolute atomic E-state index is 0. The van der Waals surface area contributed by atoms with E-state index in [0.29, 0.717) is 0 Å². The van der Waals surface area contributed by atoms with Crippen LogP contribution in [-0.2, 0) is 32.9 Å². The SMILES string of the molecule is C=C([C-]=CC1=CCCCC1)c1ncc2c3c(cccc13)CCC2.O=C(O)c1ccccn1.[Ir]. The zero-order chi connectivity index (χ0) is 22.3. The molecule has 0 atom stereocenters. The smallest absolute Gasteiger partial charge is 0.354 e. The molecule has 0 amide bonds. The van der Waals surface area contributed by atoms with E-state index in [0.717, 1.165) is 24.1 Å². The van der Waals surface area contributed by atoms with Crippen LogP contribution in [-0.4, -0.2) is 21.0 Å². The van der Waals surface area contributed by atoms with Crippen molar-refractivity contribution in [3.63, 3.8) is 0 Å². The summed E-state index contributed by atoms with van der Waals surface area (Å²) < 4.78 is 0. The van der Waals surface area contributed by atoms with Gasteiger partial charge in [-0.25, -0.2) is 9.78 Å². The van der Waals surface area contributed by atoms with Crippen LogP contribution in [0.4, 0.5) is 0 Å². The quantitative estimate of drug-likeness (QED) is 0.274. The van der Waals surface area contributed by atoms with Gasteiger partial charge in [0.2, 0.25) is 0 Å². The monoisotopic (exact) mass is 616 g/mol. The Morgan fingerprint density at radius 2 is 1.85 bits per heavy atom. The number of allylic oxidation sites excluding steroid dienone is 5. The molecule has 5 rings (SSSR count). The molecule has 1 radical (unpaired) electrons. The number of benzene rings is 1. The summed E-state index contributed by atoms with van der Waals surface area (Å²) in [5.41, 5.74) is 6.19. The molecule has 1 N–H and O–H groups in total. The van der Waals surface area contributed by atoms with E-state index >= 15 is 0 Å². The van der Waals surface area contributed by atoms with Crippen LogP contribution in [0.1, 0.15) is 59.4 Å². The Hall–Kier alpha value is -2.88. The molecule has 0 unspecified atom stereocenters. The van der Waals surface area contributed by atoms with Crippen molar-refractivity contribution in [1.82, 2.24) is 9.97 Å². The fraction of sp³-hybridized carbons (Fsp3) is 0.250. The molecule has 1 aromatic carbocycles. The van der Waals surface area contributed by atoms with Crippen molar-refractivity contribution in [2.45, 2.75) is 44.9 Å². The van der Waals surface area contributed by atoms with E-state index in [1.165, 1.54) is 71.8 Å². The normalized spacial score (nSPS) is 14.6. The van der Waals surface area contributed by atoms with Gasteiger partial charge in [0.25, 0.3) is 0 Å². The van der Waals surface area contributed by atoms with Gasteiger partial charge in [-0.1, -0.05) is 43.5 Å². The van der Waals surface area contributed by atoms with Gasteiger partial charge in [-0.3, -0.25) is 0 Å². The van der Waals surface area contributed by atoms with Gasteiger partial charge in [0.05, 0.1) is 0 Å². The Balaban J connectivity index is 0.000000260. The number of carbonyl (C=O) groups is 1. The Bertz CT molecular complexity index is 1190. The summed E-state index contributed by atoms with van der Waals surface area (Å²) in [5, 5.41) is 11.0. The number of carboxylic acids is 1. The maximum absolute atomic E-state index is 10.1. The standard InChI is InChI=1S/C22H22N.C6H5NO2.Ir/c1-16(13-14-17-7-3-2-4-8-17)22-20-12-6-10-18-9-5-11-19(15-23-22)21(18)20;8-6(9)5-3-1-2-4-7-5;/h6-7,10,12,14-15H,1-5,8-9,11H2;1-4H,(H,8,9);/q-1;;. The Kier molecular flexibility index (Phi) is 8.87. The minimum atomic E-state index is -0.990. The van der Waals surface area contributed by atoms with Gasteiger partial charge in [-0.05, 0) is 65.4 Å². The van der Waals surface area contributed by atoms with Crippen LogP contribution in [0.25, 0.3) is 16.3 Å². The van der Waals surface area contributed by atoms with E-state index in [1.807, 2.05) is 6.20 Å². The number of aromatic nitrogens is 2. The van der Waals surface area contributed by atoms with Crippen molar-refractivity contribution < 1.29 is 30.0 Å². The summed E-state index contributed by atoms with van der Waals surface area (Å²) in [6, 6.07) is 11.3. The van der Waals surface area contributed by atoms with Crippen LogP contribution < -0.4 is 0 Å². The molecule has 171 valence electrons. The predicted octanol–water partition coefficient (Wildman–Crippen LogP) is 6.37. The van der Waals surface area contributed by atoms with E-state index in [4.69, 9.17) is 10.1 Å². The third kappa shape index (κ3) is 6.13. The summed E-state index contributed by atoms with van der Waals surface area (Å²) in [6.45, 7) is 4.23. The largest absolute Gasteiger partial charge is 0.477 e. The molecule has 2 aromatic heterocycles. The van der Waals surface area contributed by atoms with Gasteiger partial charge in [-0.2, -0.15) is 6.58 Å². The number of aromatic carboxylic acids is 1. The molecule has 4 nitrogen and oxygen atoms in total. The van der Waals surface area contributed by atoms with Crippen molar-refractivity contribution in [3.8, 4) is 0 Å². The number of hydrogen-bond acceptors (Lipinski definition) is 3. The molecular weight excluding hydrogens is 589 g/mol. The number of rotatable bonds is 4. The maximum Gasteiger partial charge on any atom is 0.354 e. The second-order valence-corrected chi connectivity index (χ2v) is 8.14. The van der Waals surface area contributed by atoms with Crippen LogP contribution in [0.2, 0.25) is 0 Å². The van der Waals surface area contributed by atoms with Crippen molar-refractivity contribution in [1.29, 1.82) is 0 Å². The van der Waals surface area contributed by atoms with Gasteiger partial charge >= 0.3 is 5.97 Å². The number of pyridine rings is 2. The third-order valence-corrected chi connectivity index (χ3v) is 5.90. The Morgan fingerprint density at radius 3 is 2.55 bits per heavy atom. The molecule has 33 heavy (non-hydrogen) atoms. The number of nitrogens with zero attached hydrogens (tertiary/aromatic N) is 2. The summed E-state index contributed by atoms with van der Waals surface area (Å²) in [5.74, 6) is -0.990. The molecule has 2 aliphatic carbocycles. The predicted molar refractivity (Wildman–Crippen MR) is 128 cm³/mol. The first kappa shape index (κ1) is 24.8. The molecule has 2 heterocycles. The van der Waals surface area contributed by atoms with Gasteiger partial charge in [0, 0.05) is 32.5 Å². The number of carboxylic acid groups (broad SMARTS) is 1. The van der Waals surface area contributed by atoms with Gasteiger partial charge < -0.3 is 10.1 Å². The van der Waals surface area contributed by atoms with E-state index in [-0.39, 0.29) is 25.8 Å². The fourth-order valence-electron chi connectivity index (χ4n) is 4.29. The third-order valence-electron chi connectivity index (χ3n) is 5.90. The van der Waals surface area contributed by atoms with Crippen molar-refractivity contribution >= 4 is 22.3 Å². The van der Waals surface area contributed by atoms with E-state index < -0.39 is 5.97 Å². The van der Waals surface area contributed by atoms with Gasteiger partial charge in [0.1, 0.15) is 5.69 Å². The number of aryl methyl sites for hydroxylation is 2. The second-order valence-electron chi connectivity index (χ2n) is 8.14. The van der Waals surface area contributed by atoms with E-state index in [9.17, 15) is 4.79 Å². The summed E-state index contributed by atoms with van der Waals surface area (Å²) in [7, 11) is 0. The van der Waals surface area contributed by atoms with Crippen LogP contribution in [0.3, 0.4) is 0 Å². The number of hydrogen-bond donors (Lipinski definition) is 1. The zero-order valence-electron chi connectivity index (χ0n) is 18.5. The van der Waals surface area contributed by atoms with Gasteiger partial charge in [0.15, 0.2) is 0 Å². The average Bonchev–Trinajstić information content (AvgIpc) is 2.85. The molecule has 3 aromatic rings. The summed E-state index contributed by atoms with van der Waals surface area (Å²) in [6.07, 6.45) is 19.8. The molecular formula is C28H27IrN2O2-. The van der Waals surface area contributed by atoms with E-state index in [1.54, 1.807) is 12.1 Å². The Morgan fingerprint density at radius 1 is 1.00 bits per heavy atom. The van der Waals surface area contributed by atoms with Crippen molar-refractivity contribution in [2.24, 2.45) is 0 Å². The molecule has 5 heteroatoms. The Labute approximate surface area is 208 Å². The topological polar surface area (TPSA) is 63.1 Å². The van der Waals surface area contributed by atoms with Crippen molar-refractivity contribution in [2.75, 3.05) is 0 Å². The molecule has 0 bridgehead atoms. The molecule has 0 spiro atoms. The first-order valence-electron chi connectivity index (χ1n) is 11.2. The molecule has 2 aliphatic rings. The van der Waals surface area contributed by atoms with Crippen LogP contribution in [0.5, 0.6) is 0 Å². The fourth-order valence-corrected chi connectivity index (χ4v) is 4.29. The van der Waals surface area contributed by atoms with Crippen LogP contribution in [0.15, 0.2) is 73.1 Å². The molecule has 0 saturated heterocycles. The van der Waals surface area contributed by atoms with Gasteiger partial charge in [-0.15, -0.1) is 29.4 Å². The average molecular weight is 616 g/mol. The van der Waals surface area contributed by atoms with Crippen LogP contribution >= 0.6 is 0 Å². The molecule has 0 fully saturated rings. The minimum Gasteiger partial charge on any atom is -0.477 e. The van der Waals surface area contributed by atoms with E-state index in [2.05, 4.69) is 48.0 Å². The first-order chi connectivity index (χ1) is 15.6. The van der Waals surface area contributed by atoms with Crippen LogP contribution in [0, 0.1) is 6.08 Å². The zero-order valence-corrected chi connectivity index (χ0v) is 20.9. The molecule has 0 saturated carbocycles. The first-order valence-corrected chi connectivity index (χ1v) is 11.2. The maximum atomic E-state index is 10.1. The summed E-state index contributed by atoms with van der Waals surface area (Å²) >= 11 is 0.